The van der Waals surface area contributed by atoms with Crippen molar-refractivity contribution in [2.75, 3.05) is 0 Å². The van der Waals surface area contributed by atoms with Crippen molar-refractivity contribution in [2.45, 2.75) is 12.4 Å². The largest absolute Gasteiger partial charge is 0.504 e. The van der Waals surface area contributed by atoms with Gasteiger partial charge in [0.1, 0.15) is 0 Å². The molecule has 0 saturated heterocycles. The van der Waals surface area contributed by atoms with E-state index in [9.17, 15) is 35.5 Å². The van der Waals surface area contributed by atoms with Gasteiger partial charge in [-0.25, -0.2) is 0 Å². The molecule has 1 heterocycles. The first kappa shape index (κ1) is 24.7. The van der Waals surface area contributed by atoms with Crippen LogP contribution in [0, 0.1) is 11.9 Å². The minimum atomic E-state index is -5.42. The molecule has 149 valence electrons. The molecule has 0 saturated carbocycles. The van der Waals surface area contributed by atoms with Gasteiger partial charge in [0.25, 0.3) is 5.78 Å². The number of ketones is 1. The number of carbonyl (C=O) groups excluding carboxylic acids is 1. The molecule has 0 atom stereocenters. The molecule has 1 aromatic heterocycles. The van der Waals surface area contributed by atoms with Gasteiger partial charge < -0.3 is 10.1 Å². The number of aliphatic hydroxyl groups is 1. The van der Waals surface area contributed by atoms with Crippen LogP contribution in [0.15, 0.2) is 54.4 Å². The van der Waals surface area contributed by atoms with Crippen molar-refractivity contribution >= 4 is 5.78 Å². The van der Waals surface area contributed by atoms with E-state index in [1.165, 1.54) is 12.1 Å². The van der Waals surface area contributed by atoms with Crippen LogP contribution in [0.3, 0.4) is 0 Å². The quantitative estimate of drug-likeness (QED) is 0.244. The number of halogens is 7. The molecule has 0 aliphatic heterocycles. The first-order valence-electron chi connectivity index (χ1n) is 6.59. The Balaban J connectivity index is 0.000000483. The second kappa shape index (κ2) is 10.2. The molecular formula is C16H9F7IrNO2-. The van der Waals surface area contributed by atoms with Crippen LogP contribution in [0.25, 0.3) is 11.3 Å². The number of benzene rings is 1. The maximum Gasteiger partial charge on any atom is 0.454 e. The molecule has 11 heteroatoms. The van der Waals surface area contributed by atoms with Gasteiger partial charge >= 0.3 is 12.4 Å². The number of hydrogen-bond donors (Lipinski definition) is 1. The summed E-state index contributed by atoms with van der Waals surface area (Å²) in [6.45, 7) is 0. The number of rotatable bonds is 2. The Morgan fingerprint density at radius 2 is 1.67 bits per heavy atom. The van der Waals surface area contributed by atoms with Crippen LogP contribution < -0.4 is 0 Å². The fraction of sp³-hybridized carbons (Fsp3) is 0.125. The third-order valence-electron chi connectivity index (χ3n) is 2.55. The monoisotopic (exact) mass is 573 g/mol. The van der Waals surface area contributed by atoms with Crippen molar-refractivity contribution in [2.24, 2.45) is 0 Å². The van der Waals surface area contributed by atoms with E-state index in [1.807, 2.05) is 18.2 Å². The number of pyridine rings is 1. The summed E-state index contributed by atoms with van der Waals surface area (Å²) in [5.41, 5.74) is 1.62. The van der Waals surface area contributed by atoms with E-state index in [4.69, 9.17) is 5.11 Å². The van der Waals surface area contributed by atoms with Crippen LogP contribution in [0.1, 0.15) is 0 Å². The minimum Gasteiger partial charge on any atom is -0.504 e. The van der Waals surface area contributed by atoms with Gasteiger partial charge in [0, 0.05) is 38.2 Å². The fourth-order valence-electron chi connectivity index (χ4n) is 1.38. The van der Waals surface area contributed by atoms with Gasteiger partial charge in [0.15, 0.2) is 0 Å². The van der Waals surface area contributed by atoms with E-state index in [0.717, 1.165) is 11.3 Å². The first-order chi connectivity index (χ1) is 11.9. The number of hydrogen-bond acceptors (Lipinski definition) is 3. The van der Waals surface area contributed by atoms with E-state index < -0.39 is 30.0 Å². The number of aliphatic hydroxyl groups excluding tert-OH is 1. The summed E-state index contributed by atoms with van der Waals surface area (Å²) in [6.07, 6.45) is -9.98. The first-order valence-corrected chi connectivity index (χ1v) is 6.59. The maximum atomic E-state index is 12.6. The van der Waals surface area contributed by atoms with Crippen LogP contribution in [-0.4, -0.2) is 28.2 Å². The predicted octanol–water partition coefficient (Wildman–Crippen LogP) is 4.81. The fourth-order valence-corrected chi connectivity index (χ4v) is 1.38. The molecule has 1 aromatic carbocycles. The molecule has 2 rings (SSSR count). The smallest absolute Gasteiger partial charge is 0.454 e. The van der Waals surface area contributed by atoms with Crippen molar-refractivity contribution in [1.82, 2.24) is 4.98 Å². The molecule has 0 aliphatic carbocycles. The maximum absolute atomic E-state index is 12.6. The van der Waals surface area contributed by atoms with Gasteiger partial charge in [-0.05, 0) is 11.8 Å². The van der Waals surface area contributed by atoms with Crippen LogP contribution >= 0.6 is 0 Å². The van der Waals surface area contributed by atoms with E-state index in [1.54, 1.807) is 12.3 Å². The Hall–Kier alpha value is -2.26. The molecule has 0 bridgehead atoms. The van der Waals surface area contributed by atoms with Crippen LogP contribution in [-0.2, 0) is 24.9 Å². The summed E-state index contributed by atoms with van der Waals surface area (Å²) in [4.78, 5) is 14.0. The zero-order valence-corrected chi connectivity index (χ0v) is 15.3. The number of aromatic nitrogens is 1. The third-order valence-corrected chi connectivity index (χ3v) is 2.55. The predicted molar refractivity (Wildman–Crippen MR) is 76.3 cm³/mol. The van der Waals surface area contributed by atoms with Crippen molar-refractivity contribution in [3.8, 4) is 11.3 Å². The second-order valence-corrected chi connectivity index (χ2v) is 4.52. The van der Waals surface area contributed by atoms with Crippen LogP contribution in [0.5, 0.6) is 0 Å². The summed E-state index contributed by atoms with van der Waals surface area (Å²) in [7, 11) is 0. The molecule has 2 aromatic rings. The molecule has 0 aliphatic rings. The number of carbonyl (C=O) groups is 1. The van der Waals surface area contributed by atoms with Gasteiger partial charge in [-0.3, -0.25) is 9.18 Å². The zero-order chi connectivity index (χ0) is 20.0. The van der Waals surface area contributed by atoms with Crippen molar-refractivity contribution in [3.63, 3.8) is 0 Å². The average molecular weight is 572 g/mol. The second-order valence-electron chi connectivity index (χ2n) is 4.52. The van der Waals surface area contributed by atoms with Crippen molar-refractivity contribution in [1.29, 1.82) is 0 Å². The number of allylic oxidation sites excluding steroid dienone is 2. The summed E-state index contributed by atoms with van der Waals surface area (Å²) < 4.78 is 80.6. The van der Waals surface area contributed by atoms with Gasteiger partial charge in [-0.2, -0.15) is 26.3 Å². The Kier molecular flexibility index (Phi) is 9.32. The molecule has 1 radical (unpaired) electrons. The van der Waals surface area contributed by atoms with Crippen molar-refractivity contribution < 1.29 is 60.7 Å². The van der Waals surface area contributed by atoms with E-state index in [2.05, 4.69) is 11.1 Å². The Morgan fingerprint density at radius 1 is 1.04 bits per heavy atom. The van der Waals surface area contributed by atoms with Gasteiger partial charge in [0.2, 0.25) is 5.76 Å². The molecule has 0 unspecified atom stereocenters. The standard InChI is InChI=1S/C11H7FN.C5H2F6O2.Ir/c12-10-6-4-9(5-7-10)11-3-1-2-8-13-11;6-4(7,8)2(12)1-3(13)5(9,10)11;/h1-4,6-8H;1,12H;/q-1;;/b;2-1-;. The molecular weight excluding hydrogens is 563 g/mol. The number of nitrogens with zero attached hydrogens (tertiary/aromatic N) is 1. The molecule has 0 spiro atoms. The molecule has 0 amide bonds. The van der Waals surface area contributed by atoms with Gasteiger partial charge in [-0.1, -0.05) is 12.1 Å². The summed E-state index contributed by atoms with van der Waals surface area (Å²) in [6, 6.07) is 12.8. The normalized spacial score (nSPS) is 11.7. The minimum absolute atomic E-state index is 0. The molecule has 0 fully saturated rings. The van der Waals surface area contributed by atoms with Crippen molar-refractivity contribution in [3.05, 3.63) is 66.3 Å². The summed E-state index contributed by atoms with van der Waals surface area (Å²) in [5.74, 6) is -5.61. The summed E-state index contributed by atoms with van der Waals surface area (Å²) >= 11 is 0. The van der Waals surface area contributed by atoms with Gasteiger partial charge in [0.05, 0.1) is 0 Å². The Morgan fingerprint density at radius 3 is 2.07 bits per heavy atom. The van der Waals surface area contributed by atoms with Gasteiger partial charge in [-0.15, -0.1) is 29.8 Å². The van der Waals surface area contributed by atoms with E-state index in [-0.39, 0.29) is 25.9 Å². The topological polar surface area (TPSA) is 50.2 Å². The average Bonchev–Trinajstić information content (AvgIpc) is 2.55. The van der Waals surface area contributed by atoms with Crippen LogP contribution in [0.2, 0.25) is 0 Å². The zero-order valence-electron chi connectivity index (χ0n) is 12.9. The molecule has 3 nitrogen and oxygen atoms in total. The SMILES string of the molecule is Fc1c[c-]c(-c2ccccn2)cc1.O=C(/C=C(\O)C(F)(F)F)C(F)(F)F.[Ir]. The third kappa shape index (κ3) is 8.78. The Labute approximate surface area is 161 Å². The number of alkyl halides is 6. The molecule has 1 N–H and O–H groups in total. The Bertz CT molecular complexity index is 757. The molecule has 27 heavy (non-hydrogen) atoms. The van der Waals surface area contributed by atoms with Crippen LogP contribution in [0.4, 0.5) is 30.7 Å². The summed E-state index contributed by atoms with van der Waals surface area (Å²) in [5, 5.41) is 7.93. The van der Waals surface area contributed by atoms with E-state index in [0.29, 0.717) is 0 Å². The van der Waals surface area contributed by atoms with E-state index >= 15 is 0 Å².